The van der Waals surface area contributed by atoms with Gasteiger partial charge in [-0.25, -0.2) is 4.98 Å². The maximum atomic E-state index is 5.60. The highest BCUT2D eigenvalue weighted by molar-refractivity contribution is 8.01. The van der Waals surface area contributed by atoms with Gasteiger partial charge in [0.25, 0.3) is 0 Å². The van der Waals surface area contributed by atoms with Crippen LogP contribution in [0.15, 0.2) is 27.6 Å². The van der Waals surface area contributed by atoms with Crippen LogP contribution < -0.4 is 10.6 Å². The Morgan fingerprint density at radius 1 is 1.38 bits per heavy atom. The lowest BCUT2D eigenvalue weighted by atomic mass is 10.5. The minimum absolute atomic E-state index is 0.516. The Hall–Kier alpha value is -1.34. The Balaban J connectivity index is 2.14. The molecular weight excluding hydrogens is 242 g/mol. The van der Waals surface area contributed by atoms with Gasteiger partial charge in [-0.2, -0.15) is 0 Å². The van der Waals surface area contributed by atoms with Crippen LogP contribution in [0.2, 0.25) is 0 Å². The van der Waals surface area contributed by atoms with Crippen LogP contribution >= 0.6 is 23.1 Å². The molecule has 16 heavy (non-hydrogen) atoms. The number of hydrogen-bond donors (Lipinski definition) is 1. The molecule has 0 saturated heterocycles. The van der Waals surface area contributed by atoms with E-state index in [0.717, 1.165) is 14.4 Å². The number of pyridine rings is 1. The van der Waals surface area contributed by atoms with E-state index in [4.69, 9.17) is 5.73 Å². The topological polar surface area (TPSA) is 67.9 Å². The number of aromatic nitrogens is 3. The van der Waals surface area contributed by atoms with Crippen LogP contribution in [0.4, 0.5) is 10.9 Å². The molecule has 2 rings (SSSR count). The summed E-state index contributed by atoms with van der Waals surface area (Å²) in [6.45, 7) is 0. The maximum Gasteiger partial charge on any atom is 0.208 e. The van der Waals surface area contributed by atoms with Crippen molar-refractivity contribution in [1.82, 2.24) is 15.2 Å². The zero-order valence-corrected chi connectivity index (χ0v) is 10.5. The summed E-state index contributed by atoms with van der Waals surface area (Å²) >= 11 is 3.09. The second kappa shape index (κ2) is 4.67. The van der Waals surface area contributed by atoms with Crippen molar-refractivity contribution in [2.75, 3.05) is 24.7 Å². The van der Waals surface area contributed by atoms with Crippen molar-refractivity contribution in [3.8, 4) is 0 Å². The van der Waals surface area contributed by atoms with E-state index in [-0.39, 0.29) is 0 Å². The van der Waals surface area contributed by atoms with E-state index < -0.39 is 0 Å². The third-order valence-corrected chi connectivity index (χ3v) is 3.87. The third kappa shape index (κ3) is 2.61. The molecule has 5 nitrogen and oxygen atoms in total. The summed E-state index contributed by atoms with van der Waals surface area (Å²) in [5.41, 5.74) is 5.60. The summed E-state index contributed by atoms with van der Waals surface area (Å²) in [7, 11) is 3.89. The molecule has 0 aliphatic carbocycles. The summed E-state index contributed by atoms with van der Waals surface area (Å²) in [5.74, 6) is 0.516. The molecule has 0 aromatic carbocycles. The molecule has 0 aliphatic heterocycles. The van der Waals surface area contributed by atoms with E-state index in [1.54, 1.807) is 17.5 Å². The van der Waals surface area contributed by atoms with Gasteiger partial charge in [0.2, 0.25) is 5.13 Å². The molecule has 84 valence electrons. The maximum absolute atomic E-state index is 5.60. The Labute approximate surface area is 102 Å². The van der Waals surface area contributed by atoms with Crippen LogP contribution in [-0.4, -0.2) is 29.3 Å². The average Bonchev–Trinajstić information content (AvgIpc) is 2.66. The third-order valence-electron chi connectivity index (χ3n) is 1.74. The van der Waals surface area contributed by atoms with Gasteiger partial charge in [-0.1, -0.05) is 23.1 Å². The fourth-order valence-corrected chi connectivity index (χ4v) is 2.79. The van der Waals surface area contributed by atoms with Gasteiger partial charge >= 0.3 is 0 Å². The van der Waals surface area contributed by atoms with Crippen molar-refractivity contribution in [3.63, 3.8) is 0 Å². The van der Waals surface area contributed by atoms with E-state index in [1.807, 2.05) is 31.1 Å². The highest BCUT2D eigenvalue weighted by Gasteiger charge is 2.07. The second-order valence-electron chi connectivity index (χ2n) is 3.26. The summed E-state index contributed by atoms with van der Waals surface area (Å²) in [6.07, 6.45) is 1.69. The molecule has 0 unspecified atom stereocenters. The van der Waals surface area contributed by atoms with Crippen molar-refractivity contribution >= 4 is 34.0 Å². The minimum Gasteiger partial charge on any atom is -0.384 e. The van der Waals surface area contributed by atoms with Crippen molar-refractivity contribution in [1.29, 1.82) is 0 Å². The Kier molecular flexibility index (Phi) is 3.25. The lowest BCUT2D eigenvalue weighted by Crippen LogP contribution is -2.07. The van der Waals surface area contributed by atoms with Crippen molar-refractivity contribution in [2.24, 2.45) is 0 Å². The van der Waals surface area contributed by atoms with Crippen LogP contribution in [0.1, 0.15) is 0 Å². The summed E-state index contributed by atoms with van der Waals surface area (Å²) < 4.78 is 0.898. The number of anilines is 2. The summed E-state index contributed by atoms with van der Waals surface area (Å²) in [5, 5.41) is 9.05. The molecule has 0 aliphatic rings. The number of nitrogen functional groups attached to an aromatic ring is 1. The van der Waals surface area contributed by atoms with Crippen LogP contribution in [0.3, 0.4) is 0 Å². The van der Waals surface area contributed by atoms with Gasteiger partial charge in [-0.3, -0.25) is 0 Å². The van der Waals surface area contributed by atoms with Gasteiger partial charge < -0.3 is 10.6 Å². The van der Waals surface area contributed by atoms with Crippen LogP contribution in [0.5, 0.6) is 0 Å². The first-order chi connectivity index (χ1) is 7.65. The van der Waals surface area contributed by atoms with E-state index in [9.17, 15) is 0 Å². The molecule has 0 saturated carbocycles. The fourth-order valence-electron chi connectivity index (χ4n) is 1.02. The normalized spacial score (nSPS) is 10.4. The molecule has 2 aromatic heterocycles. The van der Waals surface area contributed by atoms with E-state index >= 15 is 0 Å². The fraction of sp³-hybridized carbons (Fsp3) is 0.222. The Bertz CT molecular complexity index is 482. The van der Waals surface area contributed by atoms with Crippen molar-refractivity contribution in [3.05, 3.63) is 18.3 Å². The molecule has 0 amide bonds. The molecule has 2 N–H and O–H groups in total. The predicted octanol–water partition coefficient (Wildman–Crippen LogP) is 1.73. The molecule has 2 aromatic rings. The Morgan fingerprint density at radius 3 is 2.81 bits per heavy atom. The lowest BCUT2D eigenvalue weighted by Gasteiger charge is -2.03. The molecule has 0 radical (unpaired) electrons. The number of nitrogens with two attached hydrogens (primary N) is 1. The first-order valence-corrected chi connectivity index (χ1v) is 6.18. The van der Waals surface area contributed by atoms with Gasteiger partial charge in [0.1, 0.15) is 5.82 Å². The van der Waals surface area contributed by atoms with Gasteiger partial charge in [-0.15, -0.1) is 10.2 Å². The Morgan fingerprint density at radius 2 is 2.19 bits per heavy atom. The largest absolute Gasteiger partial charge is 0.384 e. The zero-order chi connectivity index (χ0) is 11.5. The molecule has 0 atom stereocenters. The first-order valence-electron chi connectivity index (χ1n) is 4.55. The van der Waals surface area contributed by atoms with E-state index in [1.165, 1.54) is 11.8 Å². The summed E-state index contributed by atoms with van der Waals surface area (Å²) in [6, 6.07) is 3.72. The van der Waals surface area contributed by atoms with Crippen molar-refractivity contribution in [2.45, 2.75) is 9.24 Å². The quantitative estimate of drug-likeness (QED) is 0.898. The predicted molar refractivity (Wildman–Crippen MR) is 67.0 cm³/mol. The van der Waals surface area contributed by atoms with Gasteiger partial charge in [-0.05, 0) is 12.1 Å². The smallest absolute Gasteiger partial charge is 0.208 e. The number of hydrogen-bond acceptors (Lipinski definition) is 7. The first kappa shape index (κ1) is 11.2. The number of nitrogens with zero attached hydrogens (tertiary/aromatic N) is 4. The summed E-state index contributed by atoms with van der Waals surface area (Å²) in [4.78, 5) is 6.89. The average molecular weight is 253 g/mol. The molecule has 7 heteroatoms. The standard InChI is InChI=1S/C9H11N5S2/c1-14(2)8-12-13-9(16-8)15-6-3-4-11-7(10)5-6/h3-5H,1-2H3,(H2,10,11). The monoisotopic (exact) mass is 253 g/mol. The zero-order valence-electron chi connectivity index (χ0n) is 8.91. The van der Waals surface area contributed by atoms with Gasteiger partial charge in [0, 0.05) is 25.2 Å². The molecular formula is C9H11N5S2. The minimum atomic E-state index is 0.516. The van der Waals surface area contributed by atoms with E-state index in [0.29, 0.717) is 5.82 Å². The molecule has 2 heterocycles. The molecule has 0 fully saturated rings. The lowest BCUT2D eigenvalue weighted by molar-refractivity contribution is 0.972. The number of rotatable bonds is 3. The SMILES string of the molecule is CN(C)c1nnc(Sc2ccnc(N)c2)s1. The van der Waals surface area contributed by atoms with Gasteiger partial charge in [0.05, 0.1) is 0 Å². The van der Waals surface area contributed by atoms with Crippen molar-refractivity contribution < 1.29 is 0 Å². The molecule has 0 spiro atoms. The highest BCUT2D eigenvalue weighted by atomic mass is 32.2. The van der Waals surface area contributed by atoms with E-state index in [2.05, 4.69) is 15.2 Å². The molecule has 0 bridgehead atoms. The van der Waals surface area contributed by atoms with Gasteiger partial charge in [0.15, 0.2) is 4.34 Å². The highest BCUT2D eigenvalue weighted by Crippen LogP contribution is 2.32. The van der Waals surface area contributed by atoms with Crippen LogP contribution in [0, 0.1) is 0 Å². The van der Waals surface area contributed by atoms with Crippen LogP contribution in [0.25, 0.3) is 0 Å². The van der Waals surface area contributed by atoms with Crippen LogP contribution in [-0.2, 0) is 0 Å². The second-order valence-corrected chi connectivity index (χ2v) is 5.54.